The predicted molar refractivity (Wildman–Crippen MR) is 35.3 cm³/mol. The second-order valence-corrected chi connectivity index (χ2v) is 2.35. The van der Waals surface area contributed by atoms with E-state index in [2.05, 4.69) is 10.2 Å². The summed E-state index contributed by atoms with van der Waals surface area (Å²) < 4.78 is 37.2. The molecule has 0 aliphatic carbocycles. The summed E-state index contributed by atoms with van der Waals surface area (Å²) in [6.45, 7) is 2.09. The first-order valence-corrected chi connectivity index (χ1v) is 3.50. The van der Waals surface area contributed by atoms with Crippen molar-refractivity contribution in [3.05, 3.63) is 12.2 Å². The Hall–Kier alpha value is -1.07. The quantitative estimate of drug-likeness (QED) is 0.691. The molecule has 0 aliphatic heterocycles. The van der Waals surface area contributed by atoms with E-state index in [0.717, 1.165) is 10.9 Å². The third kappa shape index (κ3) is 1.75. The fourth-order valence-electron chi connectivity index (χ4n) is 0.879. The Morgan fingerprint density at radius 3 is 2.67 bits per heavy atom. The SMILES string of the molecule is CCCn1cnnc1C(F)(F)F. The van der Waals surface area contributed by atoms with E-state index in [1.54, 1.807) is 6.92 Å². The van der Waals surface area contributed by atoms with Crippen molar-refractivity contribution in [1.29, 1.82) is 0 Å². The van der Waals surface area contributed by atoms with Crippen LogP contribution in [0.2, 0.25) is 0 Å². The number of halogens is 3. The van der Waals surface area contributed by atoms with Crippen molar-refractivity contribution in [1.82, 2.24) is 14.8 Å². The van der Waals surface area contributed by atoms with Crippen LogP contribution in [0.4, 0.5) is 13.2 Å². The van der Waals surface area contributed by atoms with Crippen LogP contribution < -0.4 is 0 Å². The summed E-state index contributed by atoms with van der Waals surface area (Å²) >= 11 is 0. The van der Waals surface area contributed by atoms with Crippen LogP contribution in [0.5, 0.6) is 0 Å². The highest BCUT2D eigenvalue weighted by Crippen LogP contribution is 2.26. The van der Waals surface area contributed by atoms with Crippen LogP contribution in [0.3, 0.4) is 0 Å². The van der Waals surface area contributed by atoms with Gasteiger partial charge in [-0.25, -0.2) is 0 Å². The molecule has 1 rings (SSSR count). The smallest absolute Gasteiger partial charge is 0.310 e. The minimum Gasteiger partial charge on any atom is -0.310 e. The summed E-state index contributed by atoms with van der Waals surface area (Å²) in [5.41, 5.74) is 0. The molecule has 1 aromatic rings. The van der Waals surface area contributed by atoms with Crippen LogP contribution in [0.15, 0.2) is 6.33 Å². The highest BCUT2D eigenvalue weighted by Gasteiger charge is 2.36. The third-order valence-electron chi connectivity index (χ3n) is 1.33. The minimum absolute atomic E-state index is 0.293. The summed E-state index contributed by atoms with van der Waals surface area (Å²) in [5, 5.41) is 6.19. The lowest BCUT2D eigenvalue weighted by atomic mass is 10.4. The van der Waals surface area contributed by atoms with Gasteiger partial charge in [0.2, 0.25) is 5.82 Å². The molecular formula is C6H8F3N3. The molecule has 0 aliphatic rings. The van der Waals surface area contributed by atoms with Crippen LogP contribution in [-0.2, 0) is 12.7 Å². The number of rotatable bonds is 2. The number of aryl methyl sites for hydroxylation is 1. The maximum Gasteiger partial charge on any atom is 0.451 e. The van der Waals surface area contributed by atoms with E-state index >= 15 is 0 Å². The molecule has 0 unspecified atom stereocenters. The molecule has 0 N–H and O–H groups in total. The fourth-order valence-corrected chi connectivity index (χ4v) is 0.879. The average Bonchev–Trinajstić information content (AvgIpc) is 2.34. The molecule has 3 nitrogen and oxygen atoms in total. The van der Waals surface area contributed by atoms with Crippen molar-refractivity contribution in [3.8, 4) is 0 Å². The Morgan fingerprint density at radius 2 is 2.17 bits per heavy atom. The van der Waals surface area contributed by atoms with Crippen molar-refractivity contribution in [2.24, 2.45) is 0 Å². The molecule has 0 saturated carbocycles. The maximum absolute atomic E-state index is 12.1. The molecule has 0 aromatic carbocycles. The molecule has 0 radical (unpaired) electrons. The normalized spacial score (nSPS) is 12.0. The second kappa shape index (κ2) is 3.12. The first-order chi connectivity index (χ1) is 5.55. The van der Waals surface area contributed by atoms with Gasteiger partial charge in [0.05, 0.1) is 0 Å². The van der Waals surface area contributed by atoms with Gasteiger partial charge in [0.25, 0.3) is 0 Å². The highest BCUT2D eigenvalue weighted by atomic mass is 19.4. The molecule has 0 saturated heterocycles. The number of aromatic nitrogens is 3. The summed E-state index contributed by atoms with van der Waals surface area (Å²) in [6.07, 6.45) is -2.68. The monoisotopic (exact) mass is 179 g/mol. The number of alkyl halides is 3. The molecule has 6 heteroatoms. The molecule has 0 fully saturated rings. The molecule has 1 aromatic heterocycles. The van der Waals surface area contributed by atoms with Crippen molar-refractivity contribution in [3.63, 3.8) is 0 Å². The van der Waals surface area contributed by atoms with Gasteiger partial charge in [-0.2, -0.15) is 13.2 Å². The second-order valence-electron chi connectivity index (χ2n) is 2.35. The van der Waals surface area contributed by atoms with E-state index in [9.17, 15) is 13.2 Å². The maximum atomic E-state index is 12.1. The van der Waals surface area contributed by atoms with Crippen molar-refractivity contribution in [2.45, 2.75) is 26.1 Å². The number of hydrogen-bond donors (Lipinski definition) is 0. The molecule has 68 valence electrons. The van der Waals surface area contributed by atoms with E-state index < -0.39 is 12.0 Å². The lowest BCUT2D eigenvalue weighted by Crippen LogP contribution is -2.14. The summed E-state index contributed by atoms with van der Waals surface area (Å²) in [7, 11) is 0. The van der Waals surface area contributed by atoms with Crippen molar-refractivity contribution >= 4 is 0 Å². The van der Waals surface area contributed by atoms with E-state index in [0.29, 0.717) is 13.0 Å². The van der Waals surface area contributed by atoms with Gasteiger partial charge in [-0.3, -0.25) is 0 Å². The molecule has 0 spiro atoms. The van der Waals surface area contributed by atoms with Crippen LogP contribution in [-0.4, -0.2) is 14.8 Å². The Kier molecular flexibility index (Phi) is 2.35. The molecular weight excluding hydrogens is 171 g/mol. The van der Waals surface area contributed by atoms with Crippen LogP contribution in [0, 0.1) is 0 Å². The van der Waals surface area contributed by atoms with Gasteiger partial charge in [-0.15, -0.1) is 10.2 Å². The summed E-state index contributed by atoms with van der Waals surface area (Å²) in [4.78, 5) is 0. The van der Waals surface area contributed by atoms with E-state index in [1.807, 2.05) is 0 Å². The van der Waals surface area contributed by atoms with Gasteiger partial charge in [-0.05, 0) is 6.42 Å². The highest BCUT2D eigenvalue weighted by molar-refractivity contribution is 4.90. The Labute approximate surface area is 67.2 Å². The van der Waals surface area contributed by atoms with Crippen LogP contribution in [0.1, 0.15) is 19.2 Å². The van der Waals surface area contributed by atoms with Crippen LogP contribution in [0.25, 0.3) is 0 Å². The number of hydrogen-bond acceptors (Lipinski definition) is 2. The first-order valence-electron chi connectivity index (χ1n) is 3.50. The van der Waals surface area contributed by atoms with Gasteiger partial charge in [0.1, 0.15) is 6.33 Å². The summed E-state index contributed by atoms with van der Waals surface area (Å²) in [6, 6.07) is 0. The predicted octanol–water partition coefficient (Wildman–Crippen LogP) is 1.71. The zero-order chi connectivity index (χ0) is 9.19. The van der Waals surface area contributed by atoms with Gasteiger partial charge < -0.3 is 4.57 Å². The third-order valence-corrected chi connectivity index (χ3v) is 1.33. The first kappa shape index (κ1) is 9.02. The molecule has 12 heavy (non-hydrogen) atoms. The Balaban J connectivity index is 2.91. The van der Waals surface area contributed by atoms with Gasteiger partial charge in [-0.1, -0.05) is 6.92 Å². The Morgan fingerprint density at radius 1 is 1.50 bits per heavy atom. The summed E-state index contributed by atoms with van der Waals surface area (Å²) in [5.74, 6) is -0.927. The zero-order valence-corrected chi connectivity index (χ0v) is 6.47. The topological polar surface area (TPSA) is 30.7 Å². The van der Waals surface area contributed by atoms with Gasteiger partial charge in [0, 0.05) is 6.54 Å². The van der Waals surface area contributed by atoms with E-state index in [-0.39, 0.29) is 0 Å². The molecule has 0 bridgehead atoms. The van der Waals surface area contributed by atoms with Crippen LogP contribution >= 0.6 is 0 Å². The largest absolute Gasteiger partial charge is 0.451 e. The molecule has 0 atom stereocenters. The lowest BCUT2D eigenvalue weighted by molar-refractivity contribution is -0.147. The lowest BCUT2D eigenvalue weighted by Gasteiger charge is -2.06. The standard InChI is InChI=1S/C6H8F3N3/c1-2-3-12-4-10-11-5(12)6(7,8)9/h4H,2-3H2,1H3. The van der Waals surface area contributed by atoms with E-state index in [4.69, 9.17) is 0 Å². The number of nitrogens with zero attached hydrogens (tertiary/aromatic N) is 3. The Bertz CT molecular complexity index is 253. The van der Waals surface area contributed by atoms with Crippen molar-refractivity contribution in [2.75, 3.05) is 0 Å². The fraction of sp³-hybridized carbons (Fsp3) is 0.667. The van der Waals surface area contributed by atoms with E-state index in [1.165, 1.54) is 0 Å². The van der Waals surface area contributed by atoms with Crippen molar-refractivity contribution < 1.29 is 13.2 Å². The zero-order valence-electron chi connectivity index (χ0n) is 6.47. The molecule has 1 heterocycles. The molecule has 0 amide bonds. The van der Waals surface area contributed by atoms with Gasteiger partial charge >= 0.3 is 6.18 Å². The average molecular weight is 179 g/mol. The minimum atomic E-state index is -4.40. The van der Waals surface area contributed by atoms with Gasteiger partial charge in [0.15, 0.2) is 0 Å².